The van der Waals surface area contributed by atoms with E-state index in [9.17, 15) is 8.78 Å². The van der Waals surface area contributed by atoms with E-state index >= 15 is 0 Å². The van der Waals surface area contributed by atoms with E-state index in [1.54, 1.807) is 19.2 Å². The summed E-state index contributed by atoms with van der Waals surface area (Å²) in [5, 5.41) is 11.4. The molecule has 1 saturated carbocycles. The summed E-state index contributed by atoms with van der Waals surface area (Å²) in [6, 6.07) is 8.04. The Morgan fingerprint density at radius 2 is 1.75 bits per heavy atom. The van der Waals surface area contributed by atoms with Gasteiger partial charge < -0.3 is 20.1 Å². The van der Waals surface area contributed by atoms with Crippen LogP contribution in [-0.4, -0.2) is 56.3 Å². The fraction of sp³-hybridized carbons (Fsp3) is 0.414. The molecule has 3 atom stereocenters. The zero-order valence-electron chi connectivity index (χ0n) is 22.4. The number of benzene rings is 1. The maximum Gasteiger partial charge on any atom is 0.240 e. The molecule has 208 valence electrons. The predicted octanol–water partition coefficient (Wildman–Crippen LogP) is 5.16. The number of piperidine rings is 1. The van der Waals surface area contributed by atoms with Crippen molar-refractivity contribution in [1.29, 1.82) is 0 Å². The molecule has 2 N–H and O–H groups in total. The molecule has 4 heterocycles. The van der Waals surface area contributed by atoms with Gasteiger partial charge in [-0.2, -0.15) is 4.98 Å². The predicted molar refractivity (Wildman–Crippen MR) is 148 cm³/mol. The molecular weight excluding hydrogens is 514 g/mol. The molecule has 4 aromatic rings. The highest BCUT2D eigenvalue weighted by Crippen LogP contribution is 2.28. The second-order valence-corrected chi connectivity index (χ2v) is 10.5. The smallest absolute Gasteiger partial charge is 0.240 e. The number of pyridine rings is 1. The molecule has 1 saturated heterocycles. The van der Waals surface area contributed by atoms with Gasteiger partial charge in [-0.3, -0.25) is 0 Å². The van der Waals surface area contributed by atoms with Gasteiger partial charge in [0.1, 0.15) is 17.5 Å². The van der Waals surface area contributed by atoms with Crippen molar-refractivity contribution in [2.24, 2.45) is 0 Å². The molecule has 40 heavy (non-hydrogen) atoms. The first kappa shape index (κ1) is 26.2. The van der Waals surface area contributed by atoms with Crippen molar-refractivity contribution < 1.29 is 13.3 Å². The zero-order valence-corrected chi connectivity index (χ0v) is 22.4. The molecule has 0 amide bonds. The van der Waals surface area contributed by atoms with Gasteiger partial charge in [0.05, 0.1) is 18.1 Å². The highest BCUT2D eigenvalue weighted by molar-refractivity contribution is 5.67. The van der Waals surface area contributed by atoms with Crippen LogP contribution in [-0.2, 0) is 0 Å². The van der Waals surface area contributed by atoms with Crippen molar-refractivity contribution in [2.75, 3.05) is 23.3 Å². The fourth-order valence-corrected chi connectivity index (χ4v) is 5.73. The summed E-state index contributed by atoms with van der Waals surface area (Å²) in [4.78, 5) is 19.9. The SMILES string of the molecule is Cc1nc(-c2ncc(N3CCC[C@H](N[C@@H]4CCCC[C@H]4Nc4cc(-c5ccc(F)cc5F)ccn4)C3)cn2)no1. The van der Waals surface area contributed by atoms with Gasteiger partial charge in [0.2, 0.25) is 17.5 Å². The Balaban J connectivity index is 1.10. The lowest BCUT2D eigenvalue weighted by Crippen LogP contribution is -2.55. The summed E-state index contributed by atoms with van der Waals surface area (Å²) in [6.07, 6.45) is 11.9. The first-order valence-corrected chi connectivity index (χ1v) is 13.8. The lowest BCUT2D eigenvalue weighted by atomic mass is 9.89. The summed E-state index contributed by atoms with van der Waals surface area (Å²) < 4.78 is 32.8. The van der Waals surface area contributed by atoms with Crippen LogP contribution >= 0.6 is 0 Å². The van der Waals surface area contributed by atoms with E-state index in [1.807, 2.05) is 18.5 Å². The van der Waals surface area contributed by atoms with Gasteiger partial charge in [-0.15, -0.1) is 0 Å². The minimum absolute atomic E-state index is 0.200. The zero-order chi connectivity index (χ0) is 27.5. The van der Waals surface area contributed by atoms with Gasteiger partial charge in [0.25, 0.3) is 0 Å². The average Bonchev–Trinajstić information content (AvgIpc) is 3.41. The summed E-state index contributed by atoms with van der Waals surface area (Å²) >= 11 is 0. The Morgan fingerprint density at radius 3 is 2.52 bits per heavy atom. The Labute approximate surface area is 231 Å². The molecule has 6 rings (SSSR count). The van der Waals surface area contributed by atoms with Crippen LogP contribution in [0.1, 0.15) is 44.4 Å². The van der Waals surface area contributed by atoms with Crippen molar-refractivity contribution in [2.45, 2.75) is 63.6 Å². The number of hydrogen-bond donors (Lipinski definition) is 2. The van der Waals surface area contributed by atoms with Crippen molar-refractivity contribution in [1.82, 2.24) is 30.4 Å². The first-order chi connectivity index (χ1) is 19.5. The number of anilines is 2. The first-order valence-electron chi connectivity index (χ1n) is 13.8. The average molecular weight is 547 g/mol. The largest absolute Gasteiger partial charge is 0.367 e. The monoisotopic (exact) mass is 546 g/mol. The Morgan fingerprint density at radius 1 is 0.925 bits per heavy atom. The number of aromatic nitrogens is 5. The van der Waals surface area contributed by atoms with Gasteiger partial charge in [-0.1, -0.05) is 18.0 Å². The molecule has 1 aromatic carbocycles. The van der Waals surface area contributed by atoms with Crippen LogP contribution in [0.4, 0.5) is 20.3 Å². The van der Waals surface area contributed by atoms with Gasteiger partial charge in [0.15, 0.2) is 0 Å². The molecule has 11 heteroatoms. The molecule has 0 unspecified atom stereocenters. The van der Waals surface area contributed by atoms with E-state index in [0.717, 1.165) is 56.9 Å². The lowest BCUT2D eigenvalue weighted by Gasteiger charge is -2.40. The molecule has 0 bridgehead atoms. The number of nitrogens with one attached hydrogen (secondary N) is 2. The molecule has 2 aliphatic rings. The summed E-state index contributed by atoms with van der Waals surface area (Å²) in [5.74, 6) is 0.840. The molecule has 1 aliphatic carbocycles. The van der Waals surface area contributed by atoms with Gasteiger partial charge in [-0.25, -0.2) is 23.7 Å². The van der Waals surface area contributed by atoms with Crippen molar-refractivity contribution in [3.63, 3.8) is 0 Å². The van der Waals surface area contributed by atoms with E-state index in [4.69, 9.17) is 4.52 Å². The van der Waals surface area contributed by atoms with E-state index in [-0.39, 0.29) is 12.1 Å². The molecule has 1 aliphatic heterocycles. The number of rotatable bonds is 7. The van der Waals surface area contributed by atoms with E-state index in [2.05, 4.69) is 40.6 Å². The van der Waals surface area contributed by atoms with Crippen molar-refractivity contribution in [3.05, 3.63) is 66.4 Å². The van der Waals surface area contributed by atoms with Crippen LogP contribution in [0.3, 0.4) is 0 Å². The minimum Gasteiger partial charge on any atom is -0.367 e. The second kappa shape index (κ2) is 11.6. The topological polar surface area (TPSA) is 105 Å². The second-order valence-electron chi connectivity index (χ2n) is 10.5. The van der Waals surface area contributed by atoms with Crippen LogP contribution in [0, 0.1) is 18.6 Å². The lowest BCUT2D eigenvalue weighted by molar-refractivity contribution is 0.293. The van der Waals surface area contributed by atoms with Gasteiger partial charge in [-0.05, 0) is 55.5 Å². The number of aryl methyl sites for hydroxylation is 1. The normalized spacial score (nSPS) is 21.4. The maximum absolute atomic E-state index is 14.4. The number of hydrogen-bond acceptors (Lipinski definition) is 9. The standard InChI is InChI=1S/C29H32F2N8O/c1-18-35-29(38-40-18)28-33-15-22(16-34-28)39-12-4-5-21(17-39)36-25-6-2-3-7-26(25)37-27-13-19(10-11-32-27)23-9-8-20(30)14-24(23)31/h8-11,13-16,21,25-26,36H,2-7,12,17H2,1H3,(H,32,37)/t21-,25+,26+/m0/s1. The van der Waals surface area contributed by atoms with Crippen LogP contribution in [0.2, 0.25) is 0 Å². The Kier molecular flexibility index (Phi) is 7.63. The molecule has 3 aromatic heterocycles. The molecular formula is C29H32F2N8O. The molecule has 2 fully saturated rings. The van der Waals surface area contributed by atoms with E-state index < -0.39 is 11.6 Å². The summed E-state index contributed by atoms with van der Waals surface area (Å²) in [5.41, 5.74) is 2.00. The molecule has 9 nitrogen and oxygen atoms in total. The van der Waals surface area contributed by atoms with Gasteiger partial charge >= 0.3 is 0 Å². The fourth-order valence-electron chi connectivity index (χ4n) is 5.73. The third-order valence-electron chi connectivity index (χ3n) is 7.70. The van der Waals surface area contributed by atoms with E-state index in [0.29, 0.717) is 40.5 Å². The molecule has 0 spiro atoms. The van der Waals surface area contributed by atoms with Crippen LogP contribution < -0.4 is 15.5 Å². The van der Waals surface area contributed by atoms with Crippen LogP contribution in [0.5, 0.6) is 0 Å². The minimum atomic E-state index is -0.588. The Bertz CT molecular complexity index is 1450. The van der Waals surface area contributed by atoms with Crippen molar-refractivity contribution in [3.8, 4) is 22.8 Å². The summed E-state index contributed by atoms with van der Waals surface area (Å²) in [6.45, 7) is 3.55. The highest BCUT2D eigenvalue weighted by Gasteiger charge is 2.30. The van der Waals surface area contributed by atoms with Crippen molar-refractivity contribution >= 4 is 11.5 Å². The van der Waals surface area contributed by atoms with Crippen LogP contribution in [0.25, 0.3) is 22.8 Å². The summed E-state index contributed by atoms with van der Waals surface area (Å²) in [7, 11) is 0. The third-order valence-corrected chi connectivity index (χ3v) is 7.70. The van der Waals surface area contributed by atoms with Gasteiger partial charge in [0, 0.05) is 56.0 Å². The number of nitrogens with zero attached hydrogens (tertiary/aromatic N) is 6. The Hall–Kier alpha value is -3.99. The van der Waals surface area contributed by atoms with E-state index in [1.165, 1.54) is 18.6 Å². The third kappa shape index (κ3) is 5.94. The quantitative estimate of drug-likeness (QED) is 0.325. The maximum atomic E-state index is 14.4. The number of halogens is 2. The van der Waals surface area contributed by atoms with Crippen LogP contribution in [0.15, 0.2) is 53.4 Å². The highest BCUT2D eigenvalue weighted by atomic mass is 19.1. The molecule has 0 radical (unpaired) electrons.